The Morgan fingerprint density at radius 3 is 2.21 bits per heavy atom. The highest BCUT2D eigenvalue weighted by Crippen LogP contribution is 2.23. The topological polar surface area (TPSA) is 119 Å². The van der Waals surface area contributed by atoms with Gasteiger partial charge in [0.25, 0.3) is 0 Å². The Morgan fingerprint density at radius 2 is 1.56 bits per heavy atom. The zero-order valence-corrected chi connectivity index (χ0v) is 19.7. The van der Waals surface area contributed by atoms with Gasteiger partial charge in [-0.15, -0.1) is 0 Å². The number of para-hydroxylation sites is 1. The minimum Gasteiger partial charge on any atom is -0.405 e. The van der Waals surface area contributed by atoms with E-state index in [1.165, 1.54) is 25.1 Å². The molecule has 0 aliphatic rings. The minimum absolute atomic E-state index is 0.563. The van der Waals surface area contributed by atoms with E-state index in [4.69, 9.17) is 0 Å². The standard InChI is InChI=1S/C24H22N4O.C2H5N.CH5N/c1-2-17-6-3-9-20(12-17)28-21-10-4-7-18(13-21)14-25-24-22-11-5-8-19(15-29)23(22)26-16-27-24;1-2-3;1-2/h3-13,15-16,28H,2,14H2,1H3,(H,25,26,27);2H,1,3H2;2H2,1H3. The van der Waals surface area contributed by atoms with Crippen molar-refractivity contribution < 1.29 is 4.79 Å². The zero-order valence-electron chi connectivity index (χ0n) is 19.7. The van der Waals surface area contributed by atoms with Gasteiger partial charge in [-0.2, -0.15) is 0 Å². The number of aldehydes is 1. The molecule has 4 rings (SSSR count). The third-order valence-corrected chi connectivity index (χ3v) is 4.83. The highest BCUT2D eigenvalue weighted by molar-refractivity contribution is 5.99. The maximum atomic E-state index is 11.3. The summed E-state index contributed by atoms with van der Waals surface area (Å²) < 4.78 is 0. The molecule has 7 nitrogen and oxygen atoms in total. The number of aromatic nitrogens is 2. The Kier molecular flexibility index (Phi) is 10.7. The number of anilines is 3. The summed E-state index contributed by atoms with van der Waals surface area (Å²) in [5, 5.41) is 7.68. The van der Waals surface area contributed by atoms with Crippen molar-refractivity contribution in [2.45, 2.75) is 19.9 Å². The first-order chi connectivity index (χ1) is 16.7. The molecule has 1 aromatic heterocycles. The van der Waals surface area contributed by atoms with Crippen molar-refractivity contribution in [3.63, 3.8) is 0 Å². The average molecular weight is 457 g/mol. The first kappa shape index (κ1) is 26.0. The number of hydrogen-bond donors (Lipinski definition) is 4. The van der Waals surface area contributed by atoms with Crippen LogP contribution in [0.5, 0.6) is 0 Å². The molecular weight excluding hydrogens is 424 g/mol. The van der Waals surface area contributed by atoms with Gasteiger partial charge in [-0.05, 0) is 67.2 Å². The fourth-order valence-electron chi connectivity index (χ4n) is 3.33. The molecule has 0 fully saturated rings. The number of carbonyl (C=O) groups excluding carboxylic acids is 1. The largest absolute Gasteiger partial charge is 0.405 e. The van der Waals surface area contributed by atoms with Gasteiger partial charge in [0.1, 0.15) is 12.1 Å². The highest BCUT2D eigenvalue weighted by atomic mass is 16.1. The van der Waals surface area contributed by atoms with Gasteiger partial charge in [-0.3, -0.25) is 4.79 Å². The fraction of sp³-hybridized carbons (Fsp3) is 0.148. The van der Waals surface area contributed by atoms with Gasteiger partial charge in [0.15, 0.2) is 6.29 Å². The fourth-order valence-corrected chi connectivity index (χ4v) is 3.33. The quantitative estimate of drug-likeness (QED) is 0.288. The summed E-state index contributed by atoms with van der Waals surface area (Å²) in [5.41, 5.74) is 14.9. The molecule has 0 spiro atoms. The molecule has 0 radical (unpaired) electrons. The first-order valence-electron chi connectivity index (χ1n) is 11.0. The highest BCUT2D eigenvalue weighted by Gasteiger charge is 2.07. The summed E-state index contributed by atoms with van der Waals surface area (Å²) in [4.78, 5) is 19.9. The van der Waals surface area contributed by atoms with Crippen LogP contribution in [0.4, 0.5) is 17.2 Å². The van der Waals surface area contributed by atoms with Crippen LogP contribution < -0.4 is 22.1 Å². The molecule has 176 valence electrons. The molecule has 0 bridgehead atoms. The number of rotatable bonds is 7. The van der Waals surface area contributed by atoms with Crippen LogP contribution in [0.25, 0.3) is 10.9 Å². The Bertz CT molecular complexity index is 1210. The molecule has 0 unspecified atom stereocenters. The zero-order chi connectivity index (χ0) is 24.8. The number of nitrogens with two attached hydrogens (primary N) is 2. The lowest BCUT2D eigenvalue weighted by molar-refractivity contribution is 0.112. The summed E-state index contributed by atoms with van der Waals surface area (Å²) in [6.07, 6.45) is 4.57. The third-order valence-electron chi connectivity index (χ3n) is 4.83. The molecule has 0 atom stereocenters. The van der Waals surface area contributed by atoms with E-state index >= 15 is 0 Å². The Labute approximate surface area is 200 Å². The predicted octanol–water partition coefficient (Wildman–Crippen LogP) is 5.02. The van der Waals surface area contributed by atoms with E-state index in [0.29, 0.717) is 23.4 Å². The van der Waals surface area contributed by atoms with E-state index < -0.39 is 0 Å². The van der Waals surface area contributed by atoms with Gasteiger partial charge < -0.3 is 22.1 Å². The Hall–Kier alpha value is -4.23. The number of fused-ring (bicyclic) bond motifs is 1. The second-order valence-corrected chi connectivity index (χ2v) is 7.05. The van der Waals surface area contributed by atoms with Gasteiger partial charge in [-0.25, -0.2) is 9.97 Å². The van der Waals surface area contributed by atoms with Gasteiger partial charge in [0.05, 0.1) is 5.52 Å². The number of nitrogens with one attached hydrogen (secondary N) is 2. The summed E-state index contributed by atoms with van der Waals surface area (Å²) >= 11 is 0. The van der Waals surface area contributed by atoms with Crippen molar-refractivity contribution in [3.05, 3.63) is 103 Å². The molecule has 7 heteroatoms. The Balaban J connectivity index is 0.000000758. The van der Waals surface area contributed by atoms with Crippen LogP contribution in [0, 0.1) is 0 Å². The lowest BCUT2D eigenvalue weighted by Crippen LogP contribution is -2.03. The molecule has 3 aromatic carbocycles. The van der Waals surface area contributed by atoms with E-state index in [1.54, 1.807) is 6.07 Å². The normalized spacial score (nSPS) is 9.62. The molecule has 0 saturated heterocycles. The second kappa shape index (κ2) is 14.0. The number of nitrogens with zero attached hydrogens (tertiary/aromatic N) is 2. The van der Waals surface area contributed by atoms with Crippen LogP contribution in [-0.2, 0) is 13.0 Å². The van der Waals surface area contributed by atoms with Gasteiger partial charge in [0, 0.05) is 28.9 Å². The predicted molar refractivity (Wildman–Crippen MR) is 142 cm³/mol. The monoisotopic (exact) mass is 456 g/mol. The number of carbonyl (C=O) groups is 1. The van der Waals surface area contributed by atoms with Crippen LogP contribution in [0.1, 0.15) is 28.4 Å². The van der Waals surface area contributed by atoms with Crippen LogP contribution in [0.15, 0.2) is 85.8 Å². The van der Waals surface area contributed by atoms with E-state index in [0.717, 1.165) is 35.0 Å². The molecule has 0 saturated carbocycles. The summed E-state index contributed by atoms with van der Waals surface area (Å²) in [5.74, 6) is 0.715. The minimum atomic E-state index is 0.563. The second-order valence-electron chi connectivity index (χ2n) is 7.05. The molecule has 1 heterocycles. The lowest BCUT2D eigenvalue weighted by atomic mass is 10.1. The van der Waals surface area contributed by atoms with Crippen molar-refractivity contribution in [1.29, 1.82) is 0 Å². The molecule has 0 amide bonds. The smallest absolute Gasteiger partial charge is 0.152 e. The number of benzene rings is 3. The van der Waals surface area contributed by atoms with Crippen molar-refractivity contribution in [2.24, 2.45) is 11.5 Å². The SMILES string of the molecule is C=CN.CCc1cccc(Nc2cccc(CNc3ncnc4c(C=O)cccc34)c2)c1.CN. The molecule has 6 N–H and O–H groups in total. The molecule has 4 aromatic rings. The van der Waals surface area contributed by atoms with E-state index in [9.17, 15) is 4.79 Å². The van der Waals surface area contributed by atoms with Gasteiger partial charge >= 0.3 is 0 Å². The van der Waals surface area contributed by atoms with Crippen LogP contribution in [0.2, 0.25) is 0 Å². The molecular formula is C27H32N6O. The summed E-state index contributed by atoms with van der Waals surface area (Å²) in [7, 11) is 1.50. The molecule has 0 aliphatic carbocycles. The van der Waals surface area contributed by atoms with Gasteiger partial charge in [0.2, 0.25) is 0 Å². The summed E-state index contributed by atoms with van der Waals surface area (Å²) in [6, 6.07) is 22.2. The Morgan fingerprint density at radius 1 is 0.941 bits per heavy atom. The van der Waals surface area contributed by atoms with Crippen molar-refractivity contribution in [2.75, 3.05) is 17.7 Å². The maximum absolute atomic E-state index is 11.3. The van der Waals surface area contributed by atoms with Crippen molar-refractivity contribution in [3.8, 4) is 0 Å². The average Bonchev–Trinajstić information content (AvgIpc) is 2.89. The first-order valence-corrected chi connectivity index (χ1v) is 11.0. The molecule has 0 aliphatic heterocycles. The molecule has 34 heavy (non-hydrogen) atoms. The van der Waals surface area contributed by atoms with Crippen molar-refractivity contribution >= 4 is 34.4 Å². The van der Waals surface area contributed by atoms with E-state index in [2.05, 4.69) is 88.0 Å². The van der Waals surface area contributed by atoms with Crippen LogP contribution >= 0.6 is 0 Å². The lowest BCUT2D eigenvalue weighted by Gasteiger charge is -2.12. The number of aryl methyl sites for hydroxylation is 1. The van der Waals surface area contributed by atoms with E-state index in [-0.39, 0.29) is 0 Å². The van der Waals surface area contributed by atoms with E-state index in [1.807, 2.05) is 18.2 Å². The summed E-state index contributed by atoms with van der Waals surface area (Å²) in [6.45, 7) is 5.91. The third kappa shape index (κ3) is 7.15. The van der Waals surface area contributed by atoms with Gasteiger partial charge in [-0.1, -0.05) is 43.8 Å². The number of hydrogen-bond acceptors (Lipinski definition) is 7. The van der Waals surface area contributed by atoms with Crippen LogP contribution in [-0.4, -0.2) is 23.3 Å². The van der Waals surface area contributed by atoms with Crippen LogP contribution in [0.3, 0.4) is 0 Å². The van der Waals surface area contributed by atoms with Crippen molar-refractivity contribution in [1.82, 2.24) is 9.97 Å². The maximum Gasteiger partial charge on any atom is 0.152 e.